The Labute approximate surface area is 110 Å². The summed E-state index contributed by atoms with van der Waals surface area (Å²) >= 11 is 1.89. The molecule has 1 aromatic rings. The summed E-state index contributed by atoms with van der Waals surface area (Å²) in [6.45, 7) is 15.0. The number of nitrogens with two attached hydrogens (primary N) is 1. The van der Waals surface area contributed by atoms with Crippen LogP contribution in [0.5, 0.6) is 0 Å². The van der Waals surface area contributed by atoms with Gasteiger partial charge in [-0.25, -0.2) is 0 Å². The van der Waals surface area contributed by atoms with Gasteiger partial charge >= 0.3 is 0 Å². The lowest BCUT2D eigenvalue weighted by Crippen LogP contribution is -2.38. The molecule has 0 unspecified atom stereocenters. The highest BCUT2D eigenvalue weighted by atomic mass is 32.1. The molecular formula is C14H26N2S. The van der Waals surface area contributed by atoms with Gasteiger partial charge in [0, 0.05) is 22.8 Å². The van der Waals surface area contributed by atoms with Gasteiger partial charge in [0.2, 0.25) is 0 Å². The van der Waals surface area contributed by atoms with Crippen molar-refractivity contribution in [2.75, 3.05) is 19.6 Å². The smallest absolute Gasteiger partial charge is 0.0244 e. The predicted octanol–water partition coefficient (Wildman–Crippen LogP) is 3.17. The first kappa shape index (κ1) is 14.7. The van der Waals surface area contributed by atoms with Gasteiger partial charge < -0.3 is 5.73 Å². The molecule has 1 heterocycles. The minimum Gasteiger partial charge on any atom is -0.330 e. The average molecular weight is 254 g/mol. The lowest BCUT2D eigenvalue weighted by Gasteiger charge is -2.31. The highest BCUT2D eigenvalue weighted by Crippen LogP contribution is 2.23. The van der Waals surface area contributed by atoms with Crippen LogP contribution in [-0.4, -0.2) is 24.5 Å². The van der Waals surface area contributed by atoms with Crippen molar-refractivity contribution in [3.63, 3.8) is 0 Å². The average Bonchev–Trinajstić information content (AvgIpc) is 2.56. The van der Waals surface area contributed by atoms with E-state index in [2.05, 4.69) is 45.6 Å². The monoisotopic (exact) mass is 254 g/mol. The van der Waals surface area contributed by atoms with Crippen molar-refractivity contribution in [3.8, 4) is 0 Å². The lowest BCUT2D eigenvalue weighted by molar-refractivity contribution is 0.183. The summed E-state index contributed by atoms with van der Waals surface area (Å²) in [5.74, 6) is 0. The number of nitrogens with zero attached hydrogens (tertiary/aromatic N) is 1. The van der Waals surface area contributed by atoms with Crippen LogP contribution in [0.3, 0.4) is 0 Å². The highest BCUT2D eigenvalue weighted by molar-refractivity contribution is 7.12. The number of aryl methyl sites for hydroxylation is 2. The molecule has 1 rings (SSSR count). The zero-order chi connectivity index (χ0) is 13.1. The van der Waals surface area contributed by atoms with Crippen LogP contribution in [0.15, 0.2) is 6.07 Å². The maximum Gasteiger partial charge on any atom is 0.0244 e. The first-order valence-electron chi connectivity index (χ1n) is 6.36. The number of hydrogen-bond acceptors (Lipinski definition) is 3. The predicted molar refractivity (Wildman–Crippen MR) is 77.6 cm³/mol. The highest BCUT2D eigenvalue weighted by Gasteiger charge is 2.20. The molecule has 0 atom stereocenters. The molecule has 2 N–H and O–H groups in total. The largest absolute Gasteiger partial charge is 0.330 e. The summed E-state index contributed by atoms with van der Waals surface area (Å²) in [5, 5.41) is 0. The molecule has 0 saturated heterocycles. The van der Waals surface area contributed by atoms with Crippen LogP contribution in [0.2, 0.25) is 0 Å². The fourth-order valence-electron chi connectivity index (χ4n) is 2.03. The molecule has 0 saturated carbocycles. The van der Waals surface area contributed by atoms with E-state index >= 15 is 0 Å². The molecule has 1 aromatic heterocycles. The summed E-state index contributed by atoms with van der Waals surface area (Å²) in [6.07, 6.45) is 0. The van der Waals surface area contributed by atoms with Gasteiger partial charge in [-0.3, -0.25) is 4.90 Å². The second-order valence-corrected chi connectivity index (χ2v) is 7.07. The first-order valence-corrected chi connectivity index (χ1v) is 7.18. The van der Waals surface area contributed by atoms with Crippen LogP contribution in [0.4, 0.5) is 0 Å². The standard InChI is InChI=1S/C14H26N2S/c1-6-16(10-14(4,5)9-15)8-13-7-11(2)17-12(13)3/h7H,6,8-10,15H2,1-5H3. The normalized spacial score (nSPS) is 12.4. The van der Waals surface area contributed by atoms with E-state index < -0.39 is 0 Å². The minimum absolute atomic E-state index is 0.203. The number of thiophene rings is 1. The molecule has 98 valence electrons. The van der Waals surface area contributed by atoms with E-state index in [1.54, 1.807) is 0 Å². The fraction of sp³-hybridized carbons (Fsp3) is 0.714. The van der Waals surface area contributed by atoms with Gasteiger partial charge in [-0.1, -0.05) is 20.8 Å². The molecular weight excluding hydrogens is 228 g/mol. The van der Waals surface area contributed by atoms with Crippen LogP contribution < -0.4 is 5.73 Å². The van der Waals surface area contributed by atoms with Crippen molar-refractivity contribution in [2.45, 2.75) is 41.2 Å². The van der Waals surface area contributed by atoms with Crippen LogP contribution in [-0.2, 0) is 6.54 Å². The van der Waals surface area contributed by atoms with E-state index in [9.17, 15) is 0 Å². The summed E-state index contributed by atoms with van der Waals surface area (Å²) in [7, 11) is 0. The summed E-state index contributed by atoms with van der Waals surface area (Å²) in [4.78, 5) is 5.35. The van der Waals surface area contributed by atoms with E-state index in [0.717, 1.165) is 26.2 Å². The van der Waals surface area contributed by atoms with Crippen molar-refractivity contribution in [1.29, 1.82) is 0 Å². The van der Waals surface area contributed by atoms with Gasteiger partial charge in [0.15, 0.2) is 0 Å². The van der Waals surface area contributed by atoms with Crippen molar-refractivity contribution < 1.29 is 0 Å². The molecule has 0 bridgehead atoms. The fourth-order valence-corrected chi connectivity index (χ4v) is 2.97. The second kappa shape index (κ2) is 5.98. The molecule has 3 heteroatoms. The molecule has 0 radical (unpaired) electrons. The zero-order valence-corrected chi connectivity index (χ0v) is 12.7. The first-order chi connectivity index (χ1) is 7.88. The van der Waals surface area contributed by atoms with Crippen LogP contribution >= 0.6 is 11.3 Å². The Morgan fingerprint density at radius 2 is 2.00 bits per heavy atom. The van der Waals surface area contributed by atoms with Crippen LogP contribution in [0.25, 0.3) is 0 Å². The SMILES string of the molecule is CCN(Cc1cc(C)sc1C)CC(C)(C)CN. The second-order valence-electron chi connectivity index (χ2n) is 5.61. The van der Waals surface area contributed by atoms with Crippen molar-refractivity contribution in [2.24, 2.45) is 11.1 Å². The van der Waals surface area contributed by atoms with E-state index in [-0.39, 0.29) is 5.41 Å². The van der Waals surface area contributed by atoms with Crippen LogP contribution in [0.1, 0.15) is 36.1 Å². The third kappa shape index (κ3) is 4.41. The van der Waals surface area contributed by atoms with Crippen molar-refractivity contribution >= 4 is 11.3 Å². The summed E-state index contributed by atoms with van der Waals surface area (Å²) in [6, 6.07) is 2.32. The Morgan fingerprint density at radius 1 is 1.35 bits per heavy atom. The Balaban J connectivity index is 2.67. The van der Waals surface area contributed by atoms with Crippen molar-refractivity contribution in [3.05, 3.63) is 21.4 Å². The van der Waals surface area contributed by atoms with Gasteiger partial charge in [0.25, 0.3) is 0 Å². The van der Waals surface area contributed by atoms with Gasteiger partial charge in [0.1, 0.15) is 0 Å². The summed E-state index contributed by atoms with van der Waals surface area (Å²) < 4.78 is 0. The molecule has 0 aromatic carbocycles. The lowest BCUT2D eigenvalue weighted by atomic mass is 9.93. The van der Waals surface area contributed by atoms with E-state index in [4.69, 9.17) is 5.73 Å². The molecule has 0 aliphatic carbocycles. The quantitative estimate of drug-likeness (QED) is 0.845. The molecule has 2 nitrogen and oxygen atoms in total. The molecule has 17 heavy (non-hydrogen) atoms. The summed E-state index contributed by atoms with van der Waals surface area (Å²) in [5.41, 5.74) is 7.49. The van der Waals surface area contributed by atoms with E-state index in [1.165, 1.54) is 15.3 Å². The Morgan fingerprint density at radius 3 is 2.41 bits per heavy atom. The minimum atomic E-state index is 0.203. The molecule has 0 amide bonds. The third-order valence-electron chi connectivity index (χ3n) is 3.19. The molecule has 0 aliphatic heterocycles. The molecule has 0 aliphatic rings. The third-order valence-corrected chi connectivity index (χ3v) is 4.20. The Kier molecular flexibility index (Phi) is 5.17. The molecule has 0 fully saturated rings. The number of hydrogen-bond donors (Lipinski definition) is 1. The van der Waals surface area contributed by atoms with Crippen molar-refractivity contribution in [1.82, 2.24) is 4.90 Å². The Hall–Kier alpha value is -0.380. The van der Waals surface area contributed by atoms with E-state index in [1.807, 2.05) is 11.3 Å². The topological polar surface area (TPSA) is 29.3 Å². The van der Waals surface area contributed by atoms with Crippen LogP contribution in [0, 0.1) is 19.3 Å². The Bertz CT molecular complexity index is 355. The van der Waals surface area contributed by atoms with Gasteiger partial charge in [-0.05, 0) is 44.0 Å². The van der Waals surface area contributed by atoms with Gasteiger partial charge in [-0.15, -0.1) is 11.3 Å². The number of rotatable bonds is 6. The zero-order valence-electron chi connectivity index (χ0n) is 11.8. The van der Waals surface area contributed by atoms with Gasteiger partial charge in [0.05, 0.1) is 0 Å². The van der Waals surface area contributed by atoms with E-state index in [0.29, 0.717) is 0 Å². The van der Waals surface area contributed by atoms with Gasteiger partial charge in [-0.2, -0.15) is 0 Å². The maximum absolute atomic E-state index is 5.81. The molecule has 0 spiro atoms. The maximum atomic E-state index is 5.81.